The Hall–Kier alpha value is -2.82. The van der Waals surface area contributed by atoms with E-state index in [2.05, 4.69) is 5.32 Å². The average Bonchev–Trinajstić information content (AvgIpc) is 2.46. The standard InChI is InChI=1S/C18H20N2O3/c1-11-8-12(2)10-14(9-11)23-13(3)18(22)20-16-7-5-4-6-15(16)17(19)21/h4-10,13H,1-3H3,(H2,19,21)(H,20,22). The highest BCUT2D eigenvalue weighted by Crippen LogP contribution is 2.19. The van der Waals surface area contributed by atoms with Crippen LogP contribution in [0.3, 0.4) is 0 Å². The number of hydrogen-bond donors (Lipinski definition) is 2. The first-order valence-corrected chi connectivity index (χ1v) is 7.31. The molecule has 1 unspecified atom stereocenters. The molecule has 2 amide bonds. The molecule has 3 N–H and O–H groups in total. The van der Waals surface area contributed by atoms with Gasteiger partial charge in [-0.05, 0) is 56.2 Å². The fourth-order valence-electron chi connectivity index (χ4n) is 2.30. The minimum Gasteiger partial charge on any atom is -0.481 e. The third-order valence-electron chi connectivity index (χ3n) is 3.33. The van der Waals surface area contributed by atoms with Gasteiger partial charge in [0.15, 0.2) is 6.10 Å². The molecule has 0 radical (unpaired) electrons. The number of rotatable bonds is 5. The van der Waals surface area contributed by atoms with Crippen LogP contribution in [-0.4, -0.2) is 17.9 Å². The lowest BCUT2D eigenvalue weighted by molar-refractivity contribution is -0.122. The first-order valence-electron chi connectivity index (χ1n) is 7.31. The number of anilines is 1. The molecular weight excluding hydrogens is 292 g/mol. The molecule has 2 rings (SSSR count). The maximum Gasteiger partial charge on any atom is 0.265 e. The summed E-state index contributed by atoms with van der Waals surface area (Å²) in [7, 11) is 0. The van der Waals surface area contributed by atoms with Gasteiger partial charge in [0.1, 0.15) is 5.75 Å². The van der Waals surface area contributed by atoms with Crippen LogP contribution in [-0.2, 0) is 4.79 Å². The number of primary amides is 1. The monoisotopic (exact) mass is 312 g/mol. The number of hydrogen-bond acceptors (Lipinski definition) is 3. The molecule has 0 saturated carbocycles. The summed E-state index contributed by atoms with van der Waals surface area (Å²) < 4.78 is 5.68. The Labute approximate surface area is 135 Å². The van der Waals surface area contributed by atoms with E-state index in [1.807, 2.05) is 32.0 Å². The SMILES string of the molecule is Cc1cc(C)cc(OC(C)C(=O)Nc2ccccc2C(N)=O)c1. The zero-order chi connectivity index (χ0) is 17.0. The number of ether oxygens (including phenoxy) is 1. The van der Waals surface area contributed by atoms with Crippen molar-refractivity contribution >= 4 is 17.5 Å². The molecule has 0 fully saturated rings. The molecule has 0 bridgehead atoms. The highest BCUT2D eigenvalue weighted by molar-refractivity contribution is 6.03. The number of amides is 2. The third-order valence-corrected chi connectivity index (χ3v) is 3.33. The van der Waals surface area contributed by atoms with E-state index in [0.29, 0.717) is 11.4 Å². The zero-order valence-electron chi connectivity index (χ0n) is 13.4. The fraction of sp³-hybridized carbons (Fsp3) is 0.222. The Kier molecular flexibility index (Phi) is 5.01. The van der Waals surface area contributed by atoms with E-state index in [1.165, 1.54) is 0 Å². The van der Waals surface area contributed by atoms with Gasteiger partial charge in [-0.1, -0.05) is 18.2 Å². The van der Waals surface area contributed by atoms with Gasteiger partial charge in [0, 0.05) is 0 Å². The summed E-state index contributed by atoms with van der Waals surface area (Å²) >= 11 is 0. The van der Waals surface area contributed by atoms with Crippen molar-refractivity contribution in [1.82, 2.24) is 0 Å². The van der Waals surface area contributed by atoms with Gasteiger partial charge >= 0.3 is 0 Å². The summed E-state index contributed by atoms with van der Waals surface area (Å²) in [6.45, 7) is 5.58. The highest BCUT2D eigenvalue weighted by atomic mass is 16.5. The maximum absolute atomic E-state index is 12.3. The van der Waals surface area contributed by atoms with Crippen LogP contribution >= 0.6 is 0 Å². The summed E-state index contributed by atoms with van der Waals surface area (Å²) in [5.74, 6) is -0.310. The lowest BCUT2D eigenvalue weighted by Gasteiger charge is -2.16. The Morgan fingerprint density at radius 2 is 1.70 bits per heavy atom. The number of aryl methyl sites for hydroxylation is 2. The van der Waals surface area contributed by atoms with Crippen LogP contribution in [0.5, 0.6) is 5.75 Å². The topological polar surface area (TPSA) is 81.4 Å². The van der Waals surface area contributed by atoms with Gasteiger partial charge in [0.25, 0.3) is 11.8 Å². The van der Waals surface area contributed by atoms with Crippen LogP contribution < -0.4 is 15.8 Å². The Morgan fingerprint density at radius 3 is 2.30 bits per heavy atom. The van der Waals surface area contributed by atoms with E-state index in [1.54, 1.807) is 31.2 Å². The van der Waals surface area contributed by atoms with Gasteiger partial charge in [-0.15, -0.1) is 0 Å². The van der Waals surface area contributed by atoms with E-state index >= 15 is 0 Å². The average molecular weight is 312 g/mol. The lowest BCUT2D eigenvalue weighted by atomic mass is 10.1. The van der Waals surface area contributed by atoms with Crippen molar-refractivity contribution in [2.45, 2.75) is 26.9 Å². The van der Waals surface area contributed by atoms with Gasteiger partial charge in [-0.25, -0.2) is 0 Å². The summed E-state index contributed by atoms with van der Waals surface area (Å²) in [5.41, 5.74) is 8.06. The Morgan fingerprint density at radius 1 is 1.09 bits per heavy atom. The maximum atomic E-state index is 12.3. The second kappa shape index (κ2) is 6.96. The molecular formula is C18H20N2O3. The second-order valence-electron chi connectivity index (χ2n) is 5.48. The summed E-state index contributed by atoms with van der Waals surface area (Å²) in [4.78, 5) is 23.7. The van der Waals surface area contributed by atoms with Gasteiger partial charge in [0.2, 0.25) is 0 Å². The van der Waals surface area contributed by atoms with Crippen molar-refractivity contribution in [2.24, 2.45) is 5.73 Å². The molecule has 5 heteroatoms. The molecule has 0 aliphatic rings. The number of para-hydroxylation sites is 1. The van der Waals surface area contributed by atoms with Crippen LogP contribution in [0, 0.1) is 13.8 Å². The molecule has 0 heterocycles. The molecule has 0 spiro atoms. The van der Waals surface area contributed by atoms with E-state index < -0.39 is 12.0 Å². The molecule has 0 saturated heterocycles. The summed E-state index contributed by atoms with van der Waals surface area (Å²) in [6, 6.07) is 12.4. The smallest absolute Gasteiger partial charge is 0.265 e. The summed E-state index contributed by atoms with van der Waals surface area (Å²) in [5, 5.41) is 2.68. The molecule has 0 aromatic heterocycles. The number of nitrogens with one attached hydrogen (secondary N) is 1. The predicted molar refractivity (Wildman–Crippen MR) is 89.6 cm³/mol. The van der Waals surface area contributed by atoms with Crippen LogP contribution in [0.2, 0.25) is 0 Å². The van der Waals surface area contributed by atoms with Crippen LogP contribution in [0.25, 0.3) is 0 Å². The molecule has 2 aromatic rings. The van der Waals surface area contributed by atoms with Crippen molar-refractivity contribution < 1.29 is 14.3 Å². The number of carbonyl (C=O) groups excluding carboxylic acids is 2. The number of carbonyl (C=O) groups is 2. The first kappa shape index (κ1) is 16.5. The number of benzene rings is 2. The highest BCUT2D eigenvalue weighted by Gasteiger charge is 2.17. The Balaban J connectivity index is 2.10. The van der Waals surface area contributed by atoms with Crippen molar-refractivity contribution in [1.29, 1.82) is 0 Å². The van der Waals surface area contributed by atoms with Crippen molar-refractivity contribution in [2.75, 3.05) is 5.32 Å². The molecule has 23 heavy (non-hydrogen) atoms. The van der Waals surface area contributed by atoms with Crippen molar-refractivity contribution in [3.05, 3.63) is 59.2 Å². The van der Waals surface area contributed by atoms with Gasteiger partial charge < -0.3 is 15.8 Å². The lowest BCUT2D eigenvalue weighted by Crippen LogP contribution is -2.31. The molecule has 1 atom stereocenters. The minimum atomic E-state index is -0.711. The van der Waals surface area contributed by atoms with Crippen molar-refractivity contribution in [3.63, 3.8) is 0 Å². The minimum absolute atomic E-state index is 0.263. The quantitative estimate of drug-likeness (QED) is 0.890. The molecule has 5 nitrogen and oxygen atoms in total. The largest absolute Gasteiger partial charge is 0.481 e. The predicted octanol–water partition coefficient (Wildman–Crippen LogP) is 2.81. The molecule has 2 aromatic carbocycles. The van der Waals surface area contributed by atoms with Crippen LogP contribution in [0.1, 0.15) is 28.4 Å². The van der Waals surface area contributed by atoms with Crippen molar-refractivity contribution in [3.8, 4) is 5.75 Å². The fourth-order valence-corrected chi connectivity index (χ4v) is 2.30. The van der Waals surface area contributed by atoms with Gasteiger partial charge in [-0.2, -0.15) is 0 Å². The van der Waals surface area contributed by atoms with E-state index in [9.17, 15) is 9.59 Å². The first-order chi connectivity index (χ1) is 10.9. The van der Waals surface area contributed by atoms with Crippen LogP contribution in [0.15, 0.2) is 42.5 Å². The van der Waals surface area contributed by atoms with Gasteiger partial charge in [-0.3, -0.25) is 9.59 Å². The van der Waals surface area contributed by atoms with Crippen LogP contribution in [0.4, 0.5) is 5.69 Å². The Bertz CT molecular complexity index is 721. The molecule has 0 aliphatic heterocycles. The molecule has 0 aliphatic carbocycles. The normalized spacial score (nSPS) is 11.6. The van der Waals surface area contributed by atoms with E-state index in [0.717, 1.165) is 11.1 Å². The zero-order valence-corrected chi connectivity index (χ0v) is 13.4. The third kappa shape index (κ3) is 4.32. The molecule has 120 valence electrons. The number of nitrogens with two attached hydrogens (primary N) is 1. The summed E-state index contributed by atoms with van der Waals surface area (Å²) in [6.07, 6.45) is -0.711. The van der Waals surface area contributed by atoms with E-state index in [4.69, 9.17) is 10.5 Å². The van der Waals surface area contributed by atoms with E-state index in [-0.39, 0.29) is 11.5 Å². The second-order valence-corrected chi connectivity index (χ2v) is 5.48. The van der Waals surface area contributed by atoms with Gasteiger partial charge in [0.05, 0.1) is 11.3 Å².